The molecule has 2 bridgehead atoms. The lowest BCUT2D eigenvalue weighted by atomic mass is 9.45. The first kappa shape index (κ1) is 40.9. The Morgan fingerprint density at radius 2 is 1.68 bits per heavy atom. The molecule has 7 fully saturated rings. The van der Waals surface area contributed by atoms with Crippen molar-refractivity contribution in [3.05, 3.63) is 0 Å². The highest BCUT2D eigenvalue weighted by Crippen LogP contribution is 2.61. The molecule has 7 rings (SSSR count). The van der Waals surface area contributed by atoms with E-state index in [1.807, 2.05) is 12.2 Å². The van der Waals surface area contributed by atoms with Gasteiger partial charge in [-0.05, 0) is 114 Å². The SMILES string of the molecule is CNC(=O)C1CC(C2CCCC(CN3O[C@@H](CNC(=O)C4CCCCC4)[C@@H]([C@H](C)O)C3C(=O)N[C@H]3C[C@H]4C[C@@H]([C@@H]3C)C4(C)C)C2OC)CC(N(C)C)C1. The number of amides is 3. The number of hydroxylamine groups is 2. The van der Waals surface area contributed by atoms with Gasteiger partial charge in [-0.1, -0.05) is 46.5 Å². The summed E-state index contributed by atoms with van der Waals surface area (Å²) in [5.41, 5.74) is 0.310. The van der Waals surface area contributed by atoms with Crippen molar-refractivity contribution in [1.29, 1.82) is 0 Å². The fourth-order valence-electron chi connectivity index (χ4n) is 12.3. The fourth-order valence-corrected chi connectivity index (χ4v) is 12.3. The predicted octanol–water partition coefficient (Wildman–Crippen LogP) is 4.38. The third-order valence-corrected chi connectivity index (χ3v) is 15.7. The maximum absolute atomic E-state index is 14.6. The smallest absolute Gasteiger partial charge is 0.240 e. The molecule has 1 aliphatic heterocycles. The molecule has 11 nitrogen and oxygen atoms in total. The molecule has 0 aromatic rings. The zero-order valence-electron chi connectivity index (χ0n) is 34.1. The van der Waals surface area contributed by atoms with Crippen molar-refractivity contribution in [3.63, 3.8) is 0 Å². The quantitative estimate of drug-likeness (QED) is 0.232. The van der Waals surface area contributed by atoms with Crippen molar-refractivity contribution in [3.8, 4) is 0 Å². The van der Waals surface area contributed by atoms with E-state index in [0.717, 1.165) is 70.6 Å². The first-order chi connectivity index (χ1) is 25.2. The first-order valence-corrected chi connectivity index (χ1v) is 21.3. The summed E-state index contributed by atoms with van der Waals surface area (Å²) in [6, 6.07) is -0.261. The lowest BCUT2D eigenvalue weighted by Gasteiger charge is -2.62. The molecule has 7 unspecified atom stereocenters. The van der Waals surface area contributed by atoms with Crippen molar-refractivity contribution in [2.45, 2.75) is 148 Å². The highest BCUT2D eigenvalue weighted by atomic mass is 16.7. The van der Waals surface area contributed by atoms with Crippen molar-refractivity contribution in [2.24, 2.45) is 58.7 Å². The van der Waals surface area contributed by atoms with Crippen LogP contribution in [0.5, 0.6) is 0 Å². The molecule has 6 saturated carbocycles. The Kier molecular flexibility index (Phi) is 13.2. The van der Waals surface area contributed by atoms with Crippen LogP contribution < -0.4 is 16.0 Å². The van der Waals surface area contributed by atoms with Crippen LogP contribution in [0, 0.1) is 58.7 Å². The van der Waals surface area contributed by atoms with E-state index in [-0.39, 0.29) is 54.2 Å². The molecule has 3 amide bonds. The molecule has 0 spiro atoms. The van der Waals surface area contributed by atoms with Crippen molar-refractivity contribution in [2.75, 3.05) is 41.3 Å². The zero-order valence-corrected chi connectivity index (χ0v) is 34.1. The number of methoxy groups -OCH3 is 1. The monoisotopic (exact) mass is 744 g/mol. The molecule has 1 saturated heterocycles. The Morgan fingerprint density at radius 1 is 0.943 bits per heavy atom. The summed E-state index contributed by atoms with van der Waals surface area (Å²) >= 11 is 0. The van der Waals surface area contributed by atoms with Crippen LogP contribution in [0.1, 0.15) is 111 Å². The van der Waals surface area contributed by atoms with Crippen LogP contribution >= 0.6 is 0 Å². The molecule has 0 aromatic heterocycles. The first-order valence-electron chi connectivity index (χ1n) is 21.3. The van der Waals surface area contributed by atoms with Gasteiger partial charge in [0, 0.05) is 63.0 Å². The number of carbonyl (C=O) groups excluding carboxylic acids is 3. The lowest BCUT2D eigenvalue weighted by molar-refractivity contribution is -0.188. The minimum atomic E-state index is -0.812. The number of rotatable bonds is 12. The van der Waals surface area contributed by atoms with Gasteiger partial charge in [-0.15, -0.1) is 0 Å². The molecular formula is C42H73N5O6. The van der Waals surface area contributed by atoms with E-state index in [1.54, 1.807) is 14.0 Å². The summed E-state index contributed by atoms with van der Waals surface area (Å²) in [5, 5.41) is 22.8. The van der Waals surface area contributed by atoms with Gasteiger partial charge in [0.15, 0.2) is 0 Å². The number of nitrogens with zero attached hydrogens (tertiary/aromatic N) is 2. The number of carbonyl (C=O) groups is 3. The van der Waals surface area contributed by atoms with E-state index in [1.165, 1.54) is 12.8 Å². The predicted molar refractivity (Wildman–Crippen MR) is 205 cm³/mol. The van der Waals surface area contributed by atoms with E-state index in [2.05, 4.69) is 55.7 Å². The third-order valence-electron chi connectivity index (χ3n) is 15.7. The van der Waals surface area contributed by atoms with Crippen LogP contribution in [-0.2, 0) is 24.0 Å². The maximum atomic E-state index is 14.6. The third kappa shape index (κ3) is 8.49. The van der Waals surface area contributed by atoms with E-state index >= 15 is 0 Å². The molecule has 6 aliphatic carbocycles. The summed E-state index contributed by atoms with van der Waals surface area (Å²) in [6.45, 7) is 9.57. The molecule has 302 valence electrons. The second-order valence-electron chi connectivity index (χ2n) is 19.1. The lowest BCUT2D eigenvalue weighted by Crippen LogP contribution is -2.62. The van der Waals surface area contributed by atoms with Crippen LogP contribution in [0.3, 0.4) is 0 Å². The fraction of sp³-hybridized carbons (Fsp3) is 0.929. The minimum absolute atomic E-state index is 0.0188. The molecule has 53 heavy (non-hydrogen) atoms. The molecule has 7 aliphatic rings. The zero-order chi connectivity index (χ0) is 38.2. The van der Waals surface area contributed by atoms with Gasteiger partial charge in [0.1, 0.15) is 12.1 Å². The Hall–Kier alpha value is -1.79. The molecule has 0 radical (unpaired) electrons. The number of hydrogen-bond donors (Lipinski definition) is 4. The standard InChI is InChI=1S/C42H73N5O6/c1-24-33-20-30(42(33,3)4)21-34(24)45-41(51)37-36(25(2)48)35(22-44-40(50)26-13-10-9-11-14-26)53-47(37)23-27-15-12-16-32(38(27)52-8)28-17-29(39(49)43-5)19-31(18-28)46(6)7/h24-38,48H,9-23H2,1-8H3,(H,43,49)(H,44,50)(H,45,51)/t24-,25-,27?,28?,29?,30+,31?,32?,33-,34-,35-,36+,37?,38?/m0/s1. The minimum Gasteiger partial charge on any atom is -0.393 e. The molecule has 11 heteroatoms. The van der Waals surface area contributed by atoms with Gasteiger partial charge >= 0.3 is 0 Å². The summed E-state index contributed by atoms with van der Waals surface area (Å²) in [6.07, 6.45) is 11.8. The average molecular weight is 744 g/mol. The topological polar surface area (TPSA) is 132 Å². The maximum Gasteiger partial charge on any atom is 0.240 e. The Labute approximate surface area is 319 Å². The van der Waals surface area contributed by atoms with E-state index < -0.39 is 24.2 Å². The van der Waals surface area contributed by atoms with Gasteiger partial charge in [-0.3, -0.25) is 19.2 Å². The summed E-state index contributed by atoms with van der Waals surface area (Å²) < 4.78 is 6.41. The summed E-state index contributed by atoms with van der Waals surface area (Å²) in [5.74, 6) is 1.93. The Bertz CT molecular complexity index is 1270. The van der Waals surface area contributed by atoms with E-state index in [4.69, 9.17) is 9.57 Å². The van der Waals surface area contributed by atoms with Gasteiger partial charge in [-0.2, -0.15) is 5.06 Å². The van der Waals surface area contributed by atoms with Gasteiger partial charge in [0.05, 0.1) is 12.2 Å². The van der Waals surface area contributed by atoms with Crippen molar-refractivity contribution < 1.29 is 29.1 Å². The number of aliphatic hydroxyl groups is 1. The number of hydrogen-bond acceptors (Lipinski definition) is 8. The van der Waals surface area contributed by atoms with Crippen molar-refractivity contribution in [1.82, 2.24) is 25.9 Å². The van der Waals surface area contributed by atoms with Gasteiger partial charge in [0.2, 0.25) is 17.7 Å². The number of aliphatic hydroxyl groups excluding tert-OH is 1. The summed E-state index contributed by atoms with van der Waals surface area (Å²) in [4.78, 5) is 49.9. The van der Waals surface area contributed by atoms with Gasteiger partial charge < -0.3 is 30.7 Å². The molecule has 14 atom stereocenters. The molecule has 1 heterocycles. The largest absolute Gasteiger partial charge is 0.393 e. The Balaban J connectivity index is 1.22. The van der Waals surface area contributed by atoms with Gasteiger partial charge in [-0.25, -0.2) is 0 Å². The molecule has 4 N–H and O–H groups in total. The normalized spacial score (nSPS) is 41.0. The van der Waals surface area contributed by atoms with Crippen LogP contribution in [0.25, 0.3) is 0 Å². The highest BCUT2D eigenvalue weighted by molar-refractivity contribution is 5.83. The van der Waals surface area contributed by atoms with E-state index in [9.17, 15) is 19.5 Å². The second kappa shape index (κ2) is 17.1. The average Bonchev–Trinajstić information content (AvgIpc) is 3.52. The summed E-state index contributed by atoms with van der Waals surface area (Å²) in [7, 11) is 7.78. The Morgan fingerprint density at radius 3 is 2.30 bits per heavy atom. The second-order valence-corrected chi connectivity index (χ2v) is 19.1. The number of ether oxygens (including phenoxy) is 1. The van der Waals surface area contributed by atoms with Crippen molar-refractivity contribution >= 4 is 17.7 Å². The van der Waals surface area contributed by atoms with Crippen LogP contribution in [0.2, 0.25) is 0 Å². The number of fused-ring (bicyclic) bond motifs is 2. The highest BCUT2D eigenvalue weighted by Gasteiger charge is 2.58. The van der Waals surface area contributed by atoms with Crippen LogP contribution in [0.4, 0.5) is 0 Å². The molecular weight excluding hydrogens is 670 g/mol. The van der Waals surface area contributed by atoms with Crippen LogP contribution in [0.15, 0.2) is 0 Å². The van der Waals surface area contributed by atoms with Crippen LogP contribution in [-0.4, -0.2) is 111 Å². The molecule has 0 aromatic carbocycles. The van der Waals surface area contributed by atoms with E-state index in [0.29, 0.717) is 47.6 Å². The number of nitrogens with one attached hydrogen (secondary N) is 3. The van der Waals surface area contributed by atoms with Gasteiger partial charge in [0.25, 0.3) is 0 Å².